The van der Waals surface area contributed by atoms with E-state index in [1.54, 1.807) is 13.2 Å². The van der Waals surface area contributed by atoms with Crippen LogP contribution in [-0.2, 0) is 19.0 Å². The normalized spacial score (nSPS) is 12.9. The fraction of sp³-hybridized carbons (Fsp3) is 0.368. The Morgan fingerprint density at radius 3 is 2.38 bits per heavy atom. The zero-order chi connectivity index (χ0) is 17.6. The van der Waals surface area contributed by atoms with Crippen molar-refractivity contribution in [2.24, 2.45) is 0 Å². The Bertz CT molecular complexity index is 638. The molecule has 0 aromatic heterocycles. The minimum absolute atomic E-state index is 0.103. The molecule has 0 saturated carbocycles. The topological polar surface area (TPSA) is 21.3 Å². The fourth-order valence-corrected chi connectivity index (χ4v) is 2.56. The zero-order valence-corrected chi connectivity index (χ0v) is 13.9. The zero-order valence-electron chi connectivity index (χ0n) is 13.9. The first-order valence-corrected chi connectivity index (χ1v) is 7.91. The maximum Gasteiger partial charge on any atom is 0.416 e. The summed E-state index contributed by atoms with van der Waals surface area (Å²) >= 11 is 0. The molecule has 0 spiro atoms. The van der Waals surface area contributed by atoms with E-state index in [-0.39, 0.29) is 6.04 Å². The largest absolute Gasteiger partial charge is 0.497 e. The van der Waals surface area contributed by atoms with E-state index >= 15 is 0 Å². The van der Waals surface area contributed by atoms with Crippen LogP contribution in [0, 0.1) is 0 Å². The SMILES string of the molecule is COc1ccc(CCN[C@H](C)Cc2cccc(C(F)(F)F)c2)cc1. The van der Waals surface area contributed by atoms with Crippen LogP contribution in [-0.4, -0.2) is 19.7 Å². The third kappa shape index (κ3) is 5.57. The van der Waals surface area contributed by atoms with E-state index in [9.17, 15) is 13.2 Å². The molecule has 0 radical (unpaired) electrons. The van der Waals surface area contributed by atoms with Crippen LogP contribution in [0.4, 0.5) is 13.2 Å². The molecule has 24 heavy (non-hydrogen) atoms. The molecule has 2 aromatic rings. The number of hydrogen-bond acceptors (Lipinski definition) is 2. The first kappa shape index (κ1) is 18.3. The Kier molecular flexibility index (Phi) is 6.26. The van der Waals surface area contributed by atoms with Gasteiger partial charge in [0.1, 0.15) is 5.75 Å². The van der Waals surface area contributed by atoms with Crippen molar-refractivity contribution in [3.63, 3.8) is 0 Å². The smallest absolute Gasteiger partial charge is 0.416 e. The Morgan fingerprint density at radius 1 is 1.04 bits per heavy atom. The monoisotopic (exact) mass is 337 g/mol. The molecule has 5 heteroatoms. The number of nitrogens with one attached hydrogen (secondary N) is 1. The van der Waals surface area contributed by atoms with Crippen LogP contribution in [0.2, 0.25) is 0 Å². The summed E-state index contributed by atoms with van der Waals surface area (Å²) in [7, 11) is 1.63. The summed E-state index contributed by atoms with van der Waals surface area (Å²) in [6, 6.07) is 13.5. The fourth-order valence-electron chi connectivity index (χ4n) is 2.56. The molecule has 130 valence electrons. The van der Waals surface area contributed by atoms with Crippen LogP contribution in [0.5, 0.6) is 5.75 Å². The second kappa shape index (κ2) is 8.20. The van der Waals surface area contributed by atoms with Crippen molar-refractivity contribution in [1.29, 1.82) is 0 Å². The van der Waals surface area contributed by atoms with Gasteiger partial charge in [-0.2, -0.15) is 13.2 Å². The molecule has 0 fully saturated rings. The van der Waals surface area contributed by atoms with Crippen molar-refractivity contribution in [3.8, 4) is 5.75 Å². The Balaban J connectivity index is 1.81. The van der Waals surface area contributed by atoms with Gasteiger partial charge >= 0.3 is 6.18 Å². The van der Waals surface area contributed by atoms with Gasteiger partial charge in [0.05, 0.1) is 12.7 Å². The first-order valence-electron chi connectivity index (χ1n) is 7.91. The predicted octanol–water partition coefficient (Wildman–Crippen LogP) is 4.48. The molecule has 2 nitrogen and oxygen atoms in total. The molecule has 1 N–H and O–H groups in total. The summed E-state index contributed by atoms with van der Waals surface area (Å²) in [4.78, 5) is 0. The van der Waals surface area contributed by atoms with Gasteiger partial charge in [-0.25, -0.2) is 0 Å². The predicted molar refractivity (Wildman–Crippen MR) is 89.3 cm³/mol. The molecule has 0 heterocycles. The van der Waals surface area contributed by atoms with E-state index in [2.05, 4.69) is 5.32 Å². The standard InChI is InChI=1S/C19H22F3NO/c1-14(12-16-4-3-5-17(13-16)19(20,21)22)23-11-10-15-6-8-18(24-2)9-7-15/h3-9,13-14,23H,10-12H2,1-2H3/t14-/m1/s1. The Labute approximate surface area is 140 Å². The lowest BCUT2D eigenvalue weighted by atomic mass is 10.0. The third-order valence-corrected chi connectivity index (χ3v) is 3.86. The van der Waals surface area contributed by atoms with E-state index in [1.165, 1.54) is 17.7 Å². The van der Waals surface area contributed by atoms with Crippen molar-refractivity contribution in [2.75, 3.05) is 13.7 Å². The van der Waals surface area contributed by atoms with Gasteiger partial charge < -0.3 is 10.1 Å². The molecule has 1 atom stereocenters. The second-order valence-electron chi connectivity index (χ2n) is 5.86. The van der Waals surface area contributed by atoms with Crippen LogP contribution in [0.15, 0.2) is 48.5 Å². The molecule has 0 amide bonds. The summed E-state index contributed by atoms with van der Waals surface area (Å²) in [5.74, 6) is 0.824. The average molecular weight is 337 g/mol. The minimum Gasteiger partial charge on any atom is -0.497 e. The lowest BCUT2D eigenvalue weighted by molar-refractivity contribution is -0.137. The van der Waals surface area contributed by atoms with Crippen molar-refractivity contribution >= 4 is 0 Å². The van der Waals surface area contributed by atoms with Crippen LogP contribution in [0.3, 0.4) is 0 Å². The molecule has 0 bridgehead atoms. The highest BCUT2D eigenvalue weighted by molar-refractivity contribution is 5.28. The number of hydrogen-bond donors (Lipinski definition) is 1. The second-order valence-corrected chi connectivity index (χ2v) is 5.86. The summed E-state index contributed by atoms with van der Waals surface area (Å²) in [6.45, 7) is 2.75. The number of ether oxygens (including phenoxy) is 1. The van der Waals surface area contributed by atoms with Gasteiger partial charge in [-0.15, -0.1) is 0 Å². The maximum absolute atomic E-state index is 12.7. The first-order chi connectivity index (χ1) is 11.4. The van der Waals surface area contributed by atoms with Gasteiger partial charge in [0, 0.05) is 6.04 Å². The van der Waals surface area contributed by atoms with Crippen molar-refractivity contribution in [2.45, 2.75) is 32.0 Å². The van der Waals surface area contributed by atoms with Gasteiger partial charge in [-0.05, 0) is 55.6 Å². The molecule has 0 aliphatic heterocycles. The molecule has 2 aromatic carbocycles. The number of benzene rings is 2. The van der Waals surface area contributed by atoms with Crippen molar-refractivity contribution in [3.05, 3.63) is 65.2 Å². The van der Waals surface area contributed by atoms with Gasteiger partial charge in [0.15, 0.2) is 0 Å². The molecule has 0 saturated heterocycles. The third-order valence-electron chi connectivity index (χ3n) is 3.86. The Hall–Kier alpha value is -2.01. The lowest BCUT2D eigenvalue weighted by Crippen LogP contribution is -2.30. The van der Waals surface area contributed by atoms with E-state index < -0.39 is 11.7 Å². The highest BCUT2D eigenvalue weighted by Gasteiger charge is 2.30. The van der Waals surface area contributed by atoms with Gasteiger partial charge in [-0.3, -0.25) is 0 Å². The molecule has 0 aliphatic rings. The van der Waals surface area contributed by atoms with Gasteiger partial charge in [0.25, 0.3) is 0 Å². The van der Waals surface area contributed by atoms with E-state index in [1.807, 2.05) is 31.2 Å². The summed E-state index contributed by atoms with van der Waals surface area (Å²) < 4.78 is 43.3. The molecule has 0 aliphatic carbocycles. The Morgan fingerprint density at radius 2 is 1.75 bits per heavy atom. The van der Waals surface area contributed by atoms with Crippen LogP contribution in [0.25, 0.3) is 0 Å². The quantitative estimate of drug-likeness (QED) is 0.804. The molecule has 2 rings (SSSR count). The van der Waals surface area contributed by atoms with E-state index in [0.717, 1.165) is 24.8 Å². The average Bonchev–Trinajstić information content (AvgIpc) is 2.55. The number of methoxy groups -OCH3 is 1. The van der Waals surface area contributed by atoms with Crippen molar-refractivity contribution < 1.29 is 17.9 Å². The van der Waals surface area contributed by atoms with Gasteiger partial charge in [0.2, 0.25) is 0 Å². The minimum atomic E-state index is -4.29. The number of halogens is 3. The van der Waals surface area contributed by atoms with Crippen LogP contribution < -0.4 is 10.1 Å². The van der Waals surface area contributed by atoms with E-state index in [4.69, 9.17) is 4.74 Å². The molecular formula is C19H22F3NO. The van der Waals surface area contributed by atoms with Crippen molar-refractivity contribution in [1.82, 2.24) is 5.32 Å². The molecular weight excluding hydrogens is 315 g/mol. The van der Waals surface area contributed by atoms with Gasteiger partial charge in [-0.1, -0.05) is 30.3 Å². The number of rotatable bonds is 7. The highest BCUT2D eigenvalue weighted by atomic mass is 19.4. The lowest BCUT2D eigenvalue weighted by Gasteiger charge is -2.15. The molecule has 0 unspecified atom stereocenters. The van der Waals surface area contributed by atoms with Crippen LogP contribution >= 0.6 is 0 Å². The van der Waals surface area contributed by atoms with Crippen LogP contribution in [0.1, 0.15) is 23.6 Å². The summed E-state index contributed by atoms with van der Waals surface area (Å²) in [5, 5.41) is 3.35. The highest BCUT2D eigenvalue weighted by Crippen LogP contribution is 2.29. The maximum atomic E-state index is 12.7. The van der Waals surface area contributed by atoms with E-state index in [0.29, 0.717) is 12.0 Å². The summed E-state index contributed by atoms with van der Waals surface area (Å²) in [5.41, 5.74) is 1.29. The number of alkyl halides is 3. The summed E-state index contributed by atoms with van der Waals surface area (Å²) in [6.07, 6.45) is -2.87.